The molecule has 0 saturated carbocycles. The number of carbonyl (C=O) groups is 3. The Balaban J connectivity index is 4.29. The van der Waals surface area contributed by atoms with Crippen molar-refractivity contribution < 1.29 is 28.6 Å². The summed E-state index contributed by atoms with van der Waals surface area (Å²) >= 11 is 0. The lowest BCUT2D eigenvalue weighted by molar-refractivity contribution is -0.166. The van der Waals surface area contributed by atoms with Crippen LogP contribution in [0.4, 0.5) is 0 Å². The van der Waals surface area contributed by atoms with Crippen molar-refractivity contribution in [1.29, 1.82) is 0 Å². The number of esters is 3. The van der Waals surface area contributed by atoms with Gasteiger partial charge in [-0.3, -0.25) is 14.4 Å². The average Bonchev–Trinajstić information content (AvgIpc) is 3.39. The molecule has 0 heterocycles. The third-order valence-corrected chi connectivity index (χ3v) is 14.0. The molecule has 424 valence electrons. The van der Waals surface area contributed by atoms with Crippen LogP contribution in [0.1, 0.15) is 329 Å². The molecule has 0 rings (SSSR count). The van der Waals surface area contributed by atoms with Crippen molar-refractivity contribution in [3.05, 3.63) is 60.8 Å². The van der Waals surface area contributed by atoms with E-state index in [1.807, 2.05) is 6.08 Å². The standard InChI is InChI=1S/C67H120O6/c1-4-7-10-13-16-19-22-25-27-29-30-31-32-33-34-35-36-38-39-42-45-48-51-54-57-60-66(69)72-63-64(62-71-65(68)59-56-53-50-47-44-41-24-21-18-15-12-9-6-3)73-67(70)61-58-55-52-49-46-43-40-37-28-26-23-20-17-14-11-8-5-2/h9,12,18,21,29-30,41,44,50,53,64H,4-8,10-11,13-17,19-20,22-28,31-40,42-43,45-49,51-52,54-63H2,1-3H3/b12-9-,21-18-,30-29-,44-41-,53-50-. The summed E-state index contributed by atoms with van der Waals surface area (Å²) in [4.78, 5) is 38.2. The lowest BCUT2D eigenvalue weighted by Crippen LogP contribution is -2.30. The number of ether oxygens (including phenoxy) is 3. The first-order valence-corrected chi connectivity index (χ1v) is 31.8. The molecular weight excluding hydrogens is 901 g/mol. The zero-order chi connectivity index (χ0) is 52.9. The minimum Gasteiger partial charge on any atom is -0.462 e. The van der Waals surface area contributed by atoms with Crippen molar-refractivity contribution in [1.82, 2.24) is 0 Å². The molecule has 0 N–H and O–H groups in total. The van der Waals surface area contributed by atoms with E-state index in [1.165, 1.54) is 218 Å². The Bertz CT molecular complexity index is 1310. The summed E-state index contributed by atoms with van der Waals surface area (Å²) in [5.41, 5.74) is 0. The van der Waals surface area contributed by atoms with Crippen LogP contribution in [0.15, 0.2) is 60.8 Å². The maximum atomic E-state index is 12.9. The van der Waals surface area contributed by atoms with Crippen LogP contribution in [0, 0.1) is 0 Å². The topological polar surface area (TPSA) is 78.9 Å². The molecule has 0 fully saturated rings. The van der Waals surface area contributed by atoms with Crippen LogP contribution in [-0.4, -0.2) is 37.2 Å². The molecule has 0 aromatic heterocycles. The average molecular weight is 1020 g/mol. The van der Waals surface area contributed by atoms with E-state index in [-0.39, 0.29) is 37.5 Å². The van der Waals surface area contributed by atoms with Crippen molar-refractivity contribution in [2.75, 3.05) is 13.2 Å². The summed E-state index contributed by atoms with van der Waals surface area (Å²) in [7, 11) is 0. The van der Waals surface area contributed by atoms with Crippen LogP contribution >= 0.6 is 0 Å². The van der Waals surface area contributed by atoms with Crippen LogP contribution in [0.5, 0.6) is 0 Å². The molecule has 6 heteroatoms. The minimum atomic E-state index is -0.801. The van der Waals surface area contributed by atoms with Gasteiger partial charge in [0.15, 0.2) is 6.10 Å². The Kier molecular flexibility index (Phi) is 59.2. The van der Waals surface area contributed by atoms with Crippen molar-refractivity contribution in [3.8, 4) is 0 Å². The van der Waals surface area contributed by atoms with Gasteiger partial charge in [-0.25, -0.2) is 0 Å². The van der Waals surface area contributed by atoms with Gasteiger partial charge in [0.1, 0.15) is 13.2 Å². The molecule has 0 radical (unpaired) electrons. The lowest BCUT2D eigenvalue weighted by Gasteiger charge is -2.18. The van der Waals surface area contributed by atoms with Crippen molar-refractivity contribution in [2.45, 2.75) is 335 Å². The minimum absolute atomic E-state index is 0.0927. The van der Waals surface area contributed by atoms with E-state index >= 15 is 0 Å². The number of carbonyl (C=O) groups excluding carboxylic acids is 3. The van der Waals surface area contributed by atoms with Gasteiger partial charge in [0, 0.05) is 19.3 Å². The third-order valence-electron chi connectivity index (χ3n) is 14.0. The van der Waals surface area contributed by atoms with E-state index in [0.717, 1.165) is 64.2 Å². The van der Waals surface area contributed by atoms with E-state index in [0.29, 0.717) is 19.3 Å². The number of hydrogen-bond donors (Lipinski definition) is 0. The Hall–Kier alpha value is -2.89. The van der Waals surface area contributed by atoms with Gasteiger partial charge in [0.2, 0.25) is 0 Å². The van der Waals surface area contributed by atoms with Crippen LogP contribution in [0.2, 0.25) is 0 Å². The normalized spacial score (nSPS) is 12.4. The van der Waals surface area contributed by atoms with Gasteiger partial charge in [0.25, 0.3) is 0 Å². The zero-order valence-corrected chi connectivity index (χ0v) is 48.7. The van der Waals surface area contributed by atoms with E-state index in [2.05, 4.69) is 75.5 Å². The molecule has 0 aromatic carbocycles. The highest BCUT2D eigenvalue weighted by molar-refractivity contribution is 5.71. The zero-order valence-electron chi connectivity index (χ0n) is 48.7. The van der Waals surface area contributed by atoms with Gasteiger partial charge in [0.05, 0.1) is 0 Å². The fraction of sp³-hybridized carbons (Fsp3) is 0.806. The Morgan fingerprint density at radius 2 is 0.562 bits per heavy atom. The first kappa shape index (κ1) is 70.1. The highest BCUT2D eigenvalue weighted by atomic mass is 16.6. The predicted octanol–water partition coefficient (Wildman–Crippen LogP) is 21.6. The van der Waals surface area contributed by atoms with Gasteiger partial charge >= 0.3 is 17.9 Å². The summed E-state index contributed by atoms with van der Waals surface area (Å²) in [6.07, 6.45) is 78.2. The first-order valence-electron chi connectivity index (χ1n) is 31.8. The van der Waals surface area contributed by atoms with Crippen LogP contribution < -0.4 is 0 Å². The van der Waals surface area contributed by atoms with Gasteiger partial charge in [-0.1, -0.05) is 300 Å². The molecule has 0 bridgehead atoms. The van der Waals surface area contributed by atoms with E-state index in [4.69, 9.17) is 14.2 Å². The molecule has 0 aliphatic heterocycles. The second-order valence-electron chi connectivity index (χ2n) is 21.3. The quantitative estimate of drug-likeness (QED) is 0.0261. The molecule has 0 amide bonds. The Morgan fingerprint density at radius 1 is 0.288 bits per heavy atom. The fourth-order valence-electron chi connectivity index (χ4n) is 9.28. The van der Waals surface area contributed by atoms with E-state index in [1.54, 1.807) is 0 Å². The smallest absolute Gasteiger partial charge is 0.306 e. The summed E-state index contributed by atoms with van der Waals surface area (Å²) in [5, 5.41) is 0. The van der Waals surface area contributed by atoms with Crippen molar-refractivity contribution in [2.24, 2.45) is 0 Å². The molecule has 0 aliphatic rings. The second kappa shape index (κ2) is 61.7. The van der Waals surface area contributed by atoms with Crippen LogP contribution in [0.3, 0.4) is 0 Å². The SMILES string of the molecule is CC/C=C\C/C=C\C/C=C\C/C=C\CCC(=O)OCC(COC(=O)CCCCCCCCCCCCCCC/C=C\CCCCCCCCCC)OC(=O)CCCCCCCCCCCCCCCCCCC. The molecule has 73 heavy (non-hydrogen) atoms. The number of unbranched alkanes of at least 4 members (excludes halogenated alkanes) is 37. The molecule has 0 spiro atoms. The lowest BCUT2D eigenvalue weighted by atomic mass is 10.0. The van der Waals surface area contributed by atoms with Crippen LogP contribution in [-0.2, 0) is 28.6 Å². The third kappa shape index (κ3) is 59.9. The van der Waals surface area contributed by atoms with Crippen molar-refractivity contribution >= 4 is 17.9 Å². The summed E-state index contributed by atoms with van der Waals surface area (Å²) in [6.45, 7) is 6.51. The van der Waals surface area contributed by atoms with Gasteiger partial charge in [-0.05, 0) is 70.6 Å². The Morgan fingerprint density at radius 3 is 0.918 bits per heavy atom. The highest BCUT2D eigenvalue weighted by Gasteiger charge is 2.19. The molecule has 0 saturated heterocycles. The van der Waals surface area contributed by atoms with E-state index in [9.17, 15) is 14.4 Å². The molecule has 6 nitrogen and oxygen atoms in total. The number of rotatable bonds is 58. The maximum Gasteiger partial charge on any atom is 0.306 e. The van der Waals surface area contributed by atoms with Gasteiger partial charge in [-0.15, -0.1) is 0 Å². The van der Waals surface area contributed by atoms with E-state index < -0.39 is 6.10 Å². The molecular formula is C67H120O6. The molecule has 0 aromatic rings. The summed E-state index contributed by atoms with van der Waals surface area (Å²) < 4.78 is 16.8. The molecule has 0 aliphatic carbocycles. The molecule has 1 unspecified atom stereocenters. The Labute approximate surface area is 453 Å². The second-order valence-corrected chi connectivity index (χ2v) is 21.3. The van der Waals surface area contributed by atoms with Gasteiger partial charge < -0.3 is 14.2 Å². The summed E-state index contributed by atoms with van der Waals surface area (Å²) in [5.74, 6) is -0.960. The van der Waals surface area contributed by atoms with Crippen LogP contribution in [0.25, 0.3) is 0 Å². The fourth-order valence-corrected chi connectivity index (χ4v) is 9.28. The summed E-state index contributed by atoms with van der Waals surface area (Å²) in [6, 6.07) is 0. The highest BCUT2D eigenvalue weighted by Crippen LogP contribution is 2.17. The number of hydrogen-bond acceptors (Lipinski definition) is 6. The number of allylic oxidation sites excluding steroid dienone is 10. The first-order chi connectivity index (χ1) is 36.0. The van der Waals surface area contributed by atoms with Gasteiger partial charge in [-0.2, -0.15) is 0 Å². The monoisotopic (exact) mass is 1020 g/mol. The predicted molar refractivity (Wildman–Crippen MR) is 316 cm³/mol. The maximum absolute atomic E-state index is 12.9. The largest absolute Gasteiger partial charge is 0.462 e. The molecule has 1 atom stereocenters. The van der Waals surface area contributed by atoms with Crippen molar-refractivity contribution in [3.63, 3.8) is 0 Å².